The van der Waals surface area contributed by atoms with E-state index in [2.05, 4.69) is 0 Å². The van der Waals surface area contributed by atoms with Crippen molar-refractivity contribution in [3.8, 4) is 0 Å². The van der Waals surface area contributed by atoms with Gasteiger partial charge in [0.2, 0.25) is 0 Å². The van der Waals surface area contributed by atoms with Crippen molar-refractivity contribution in [2.45, 2.75) is 58.6 Å². The fourth-order valence-corrected chi connectivity index (χ4v) is 2.29. The van der Waals surface area contributed by atoms with E-state index in [1.165, 1.54) is 0 Å². The van der Waals surface area contributed by atoms with Crippen LogP contribution in [0.2, 0.25) is 0 Å². The number of piperidine rings is 1. The van der Waals surface area contributed by atoms with Gasteiger partial charge in [-0.3, -0.25) is 4.79 Å². The van der Waals surface area contributed by atoms with Crippen LogP contribution in [0.4, 0.5) is 4.79 Å². The van der Waals surface area contributed by atoms with Crippen LogP contribution in [0.1, 0.15) is 47.0 Å². The van der Waals surface area contributed by atoms with E-state index >= 15 is 0 Å². The first-order valence-corrected chi connectivity index (χ1v) is 6.40. The number of nitrogens with zero attached hydrogens (tertiary/aromatic N) is 1. The van der Waals surface area contributed by atoms with Crippen LogP contribution >= 0.6 is 0 Å². The number of rotatable bonds is 2. The van der Waals surface area contributed by atoms with Gasteiger partial charge in [-0.15, -0.1) is 0 Å². The number of carbonyl (C=O) groups is 2. The number of carbonyl (C=O) groups excluding carboxylic acids is 1. The second kappa shape index (κ2) is 5.59. The summed E-state index contributed by atoms with van der Waals surface area (Å²) in [5, 5.41) is 8.77. The molecule has 1 N–H and O–H groups in total. The molecule has 5 nitrogen and oxygen atoms in total. The summed E-state index contributed by atoms with van der Waals surface area (Å²) in [5.74, 6) is -0.603. The molecule has 1 aliphatic rings. The van der Waals surface area contributed by atoms with E-state index in [0.29, 0.717) is 6.54 Å². The normalized spacial score (nSPS) is 24.8. The van der Waals surface area contributed by atoms with Crippen LogP contribution in [0.3, 0.4) is 0 Å². The maximum absolute atomic E-state index is 11.9. The van der Waals surface area contributed by atoms with Gasteiger partial charge in [0.1, 0.15) is 5.60 Å². The summed E-state index contributed by atoms with van der Waals surface area (Å²) in [6.07, 6.45) is 1.34. The monoisotopic (exact) mass is 257 g/mol. The van der Waals surface area contributed by atoms with Crippen LogP contribution in [-0.4, -0.2) is 40.3 Å². The van der Waals surface area contributed by atoms with Gasteiger partial charge in [-0.25, -0.2) is 4.79 Å². The molecule has 0 aromatic heterocycles. The van der Waals surface area contributed by atoms with Gasteiger partial charge in [-0.2, -0.15) is 0 Å². The summed E-state index contributed by atoms with van der Waals surface area (Å²) >= 11 is 0. The molecule has 0 spiro atoms. The lowest BCUT2D eigenvalue weighted by Gasteiger charge is -2.38. The molecule has 104 valence electrons. The first kappa shape index (κ1) is 14.8. The summed E-state index contributed by atoms with van der Waals surface area (Å²) < 4.78 is 5.33. The molecule has 0 aliphatic carbocycles. The third-order valence-corrected chi connectivity index (χ3v) is 3.08. The van der Waals surface area contributed by atoms with E-state index in [-0.39, 0.29) is 24.5 Å². The second-order valence-corrected chi connectivity index (χ2v) is 6.01. The molecule has 2 atom stereocenters. The standard InChI is InChI=1S/C13H23NO4/c1-9-7-10(8-11(15)16)5-6-14(9)12(17)18-13(2,3)4/h9-10H,5-8H2,1-4H3,(H,15,16). The number of hydrogen-bond donors (Lipinski definition) is 1. The van der Waals surface area contributed by atoms with Gasteiger partial charge in [-0.05, 0) is 46.5 Å². The van der Waals surface area contributed by atoms with Crippen molar-refractivity contribution in [2.24, 2.45) is 5.92 Å². The Labute approximate surface area is 108 Å². The third kappa shape index (κ3) is 4.55. The lowest BCUT2D eigenvalue weighted by Crippen LogP contribution is -2.47. The van der Waals surface area contributed by atoms with Crippen molar-refractivity contribution >= 4 is 12.1 Å². The molecule has 5 heteroatoms. The molecule has 0 aromatic carbocycles. The molecule has 0 radical (unpaired) electrons. The molecule has 0 aromatic rings. The van der Waals surface area contributed by atoms with Crippen LogP contribution in [0.15, 0.2) is 0 Å². The van der Waals surface area contributed by atoms with Crippen molar-refractivity contribution in [2.75, 3.05) is 6.54 Å². The van der Waals surface area contributed by atoms with Crippen molar-refractivity contribution in [3.05, 3.63) is 0 Å². The number of likely N-dealkylation sites (tertiary alicyclic amines) is 1. The quantitative estimate of drug-likeness (QED) is 0.825. The highest BCUT2D eigenvalue weighted by atomic mass is 16.6. The second-order valence-electron chi connectivity index (χ2n) is 6.01. The molecule has 2 unspecified atom stereocenters. The predicted octanol–water partition coefficient (Wildman–Crippen LogP) is 2.50. The van der Waals surface area contributed by atoms with E-state index in [9.17, 15) is 9.59 Å². The molecule has 18 heavy (non-hydrogen) atoms. The average molecular weight is 257 g/mol. The molecule has 1 heterocycles. The van der Waals surface area contributed by atoms with Gasteiger partial charge in [0.25, 0.3) is 0 Å². The highest BCUT2D eigenvalue weighted by molar-refractivity contribution is 5.69. The smallest absolute Gasteiger partial charge is 0.410 e. The van der Waals surface area contributed by atoms with Gasteiger partial charge in [0.15, 0.2) is 0 Å². The van der Waals surface area contributed by atoms with Crippen LogP contribution < -0.4 is 0 Å². The Bertz CT molecular complexity index is 321. The van der Waals surface area contributed by atoms with Gasteiger partial charge >= 0.3 is 12.1 Å². The fourth-order valence-electron chi connectivity index (χ4n) is 2.29. The summed E-state index contributed by atoms with van der Waals surface area (Å²) in [5.41, 5.74) is -0.491. The predicted molar refractivity (Wildman–Crippen MR) is 67.4 cm³/mol. The van der Waals surface area contributed by atoms with Crippen LogP contribution in [0, 0.1) is 5.92 Å². The maximum atomic E-state index is 11.9. The molecule has 1 fully saturated rings. The van der Waals surface area contributed by atoms with Crippen LogP contribution in [0.5, 0.6) is 0 Å². The lowest BCUT2D eigenvalue weighted by atomic mass is 9.89. The number of amides is 1. The maximum Gasteiger partial charge on any atom is 0.410 e. The van der Waals surface area contributed by atoms with Gasteiger partial charge < -0.3 is 14.7 Å². The van der Waals surface area contributed by atoms with Gasteiger partial charge in [-0.1, -0.05) is 0 Å². The van der Waals surface area contributed by atoms with Crippen molar-refractivity contribution in [1.29, 1.82) is 0 Å². The van der Waals surface area contributed by atoms with Gasteiger partial charge in [0.05, 0.1) is 0 Å². The van der Waals surface area contributed by atoms with E-state index in [0.717, 1.165) is 12.8 Å². The largest absolute Gasteiger partial charge is 0.481 e. The number of carboxylic acid groups (broad SMARTS) is 1. The SMILES string of the molecule is CC1CC(CC(=O)O)CCN1C(=O)OC(C)(C)C. The van der Waals surface area contributed by atoms with E-state index in [1.54, 1.807) is 4.90 Å². The number of carboxylic acids is 1. The molecular weight excluding hydrogens is 234 g/mol. The third-order valence-electron chi connectivity index (χ3n) is 3.08. The van der Waals surface area contributed by atoms with E-state index < -0.39 is 11.6 Å². The first-order valence-electron chi connectivity index (χ1n) is 6.40. The Balaban J connectivity index is 2.52. The summed E-state index contributed by atoms with van der Waals surface area (Å²) in [7, 11) is 0. The van der Waals surface area contributed by atoms with Gasteiger partial charge in [0, 0.05) is 19.0 Å². The van der Waals surface area contributed by atoms with E-state index in [4.69, 9.17) is 9.84 Å². The van der Waals surface area contributed by atoms with Crippen LogP contribution in [0.25, 0.3) is 0 Å². The molecule has 0 saturated carbocycles. The molecule has 1 amide bonds. The van der Waals surface area contributed by atoms with Crippen molar-refractivity contribution < 1.29 is 19.4 Å². The Morgan fingerprint density at radius 3 is 2.44 bits per heavy atom. The van der Waals surface area contributed by atoms with Crippen molar-refractivity contribution in [1.82, 2.24) is 4.90 Å². The van der Waals surface area contributed by atoms with Crippen molar-refractivity contribution in [3.63, 3.8) is 0 Å². The average Bonchev–Trinajstić information content (AvgIpc) is 2.13. The number of hydrogen-bond acceptors (Lipinski definition) is 3. The fraction of sp³-hybridized carbons (Fsp3) is 0.846. The van der Waals surface area contributed by atoms with Crippen LogP contribution in [-0.2, 0) is 9.53 Å². The first-order chi connectivity index (χ1) is 8.19. The zero-order chi connectivity index (χ0) is 13.9. The highest BCUT2D eigenvalue weighted by Crippen LogP contribution is 2.26. The zero-order valence-corrected chi connectivity index (χ0v) is 11.6. The Morgan fingerprint density at radius 2 is 2.00 bits per heavy atom. The van der Waals surface area contributed by atoms with E-state index in [1.807, 2.05) is 27.7 Å². The summed E-state index contributed by atoms with van der Waals surface area (Å²) in [6, 6.07) is 0.0398. The molecule has 0 bridgehead atoms. The highest BCUT2D eigenvalue weighted by Gasteiger charge is 2.32. The Kier molecular flexibility index (Phi) is 4.59. The number of aliphatic carboxylic acids is 1. The zero-order valence-electron chi connectivity index (χ0n) is 11.6. The summed E-state index contributed by atoms with van der Waals surface area (Å²) in [4.78, 5) is 24.3. The minimum atomic E-state index is -0.766. The Hall–Kier alpha value is -1.26. The number of ether oxygens (including phenoxy) is 1. The molecular formula is C13H23NO4. The molecule has 1 aliphatic heterocycles. The Morgan fingerprint density at radius 1 is 1.39 bits per heavy atom. The topological polar surface area (TPSA) is 66.8 Å². The minimum Gasteiger partial charge on any atom is -0.481 e. The lowest BCUT2D eigenvalue weighted by molar-refractivity contribution is -0.138. The molecule has 1 rings (SSSR count). The molecule has 1 saturated heterocycles. The summed E-state index contributed by atoms with van der Waals surface area (Å²) in [6.45, 7) is 8.04. The minimum absolute atomic E-state index is 0.0398.